The van der Waals surface area contributed by atoms with Crippen LogP contribution in [0.2, 0.25) is 0 Å². The third-order valence-corrected chi connectivity index (χ3v) is 5.76. The molecular weight excluding hydrogens is 367 g/mol. The van der Waals surface area contributed by atoms with Gasteiger partial charge in [-0.3, -0.25) is 0 Å². The first-order chi connectivity index (χ1) is 12.7. The highest BCUT2D eigenvalue weighted by Crippen LogP contribution is 2.29. The topological polar surface area (TPSA) is 60.4 Å². The van der Waals surface area contributed by atoms with Crippen molar-refractivity contribution < 1.29 is 22.3 Å². The van der Waals surface area contributed by atoms with E-state index in [1.54, 1.807) is 43.3 Å². The molecule has 0 aliphatic rings. The zero-order chi connectivity index (χ0) is 19.8. The molecule has 0 atom stereocenters. The molecule has 0 unspecified atom stereocenters. The van der Waals surface area contributed by atoms with Gasteiger partial charge in [0.2, 0.25) is 0 Å². The smallest absolute Gasteiger partial charge is 0.338 e. The summed E-state index contributed by atoms with van der Waals surface area (Å²) in [5.74, 6) is -0.811. The van der Waals surface area contributed by atoms with E-state index < -0.39 is 15.8 Å². The number of fused-ring (bicyclic) bond motifs is 1. The fourth-order valence-corrected chi connectivity index (χ4v) is 3.78. The Kier molecular flexibility index (Phi) is 5.02. The molecule has 0 saturated carbocycles. The third kappa shape index (κ3) is 3.85. The van der Waals surface area contributed by atoms with E-state index in [0.717, 1.165) is 22.8 Å². The minimum atomic E-state index is -3.27. The van der Waals surface area contributed by atoms with Gasteiger partial charge in [-0.05, 0) is 71.1 Å². The lowest BCUT2D eigenvalue weighted by atomic mass is 9.91. The highest BCUT2D eigenvalue weighted by Gasteiger charge is 2.17. The lowest BCUT2D eigenvalue weighted by Gasteiger charge is -2.15. The van der Waals surface area contributed by atoms with Gasteiger partial charge in [0, 0.05) is 6.26 Å². The number of ether oxygens (including phenoxy) is 1. The van der Waals surface area contributed by atoms with Crippen LogP contribution in [-0.4, -0.2) is 27.8 Å². The second kappa shape index (κ2) is 7.12. The number of sulfone groups is 1. The summed E-state index contributed by atoms with van der Waals surface area (Å²) in [5, 5.41) is 1.46. The van der Waals surface area contributed by atoms with E-state index in [1.165, 1.54) is 19.2 Å². The second-order valence-corrected chi connectivity index (χ2v) is 8.49. The SMILES string of the molecule is COC(=O)c1cc2ccc(F)cc2c(Cc2ccc(S(C)(=O)=O)cc2)c1C. The predicted molar refractivity (Wildman–Crippen MR) is 102 cm³/mol. The molecule has 27 heavy (non-hydrogen) atoms. The van der Waals surface area contributed by atoms with Crippen molar-refractivity contribution >= 4 is 26.6 Å². The Bertz CT molecular complexity index is 1130. The lowest BCUT2D eigenvalue weighted by molar-refractivity contribution is 0.0600. The quantitative estimate of drug-likeness (QED) is 0.634. The molecule has 0 heterocycles. The Morgan fingerprint density at radius 2 is 1.74 bits per heavy atom. The zero-order valence-electron chi connectivity index (χ0n) is 15.2. The average molecular weight is 386 g/mol. The number of hydrogen-bond donors (Lipinski definition) is 0. The molecule has 3 aromatic carbocycles. The number of hydrogen-bond acceptors (Lipinski definition) is 4. The fourth-order valence-electron chi connectivity index (χ4n) is 3.15. The van der Waals surface area contributed by atoms with Gasteiger partial charge in [0.1, 0.15) is 5.82 Å². The number of benzene rings is 3. The molecular formula is C21H19FO4S. The van der Waals surface area contributed by atoms with Crippen LogP contribution in [0.25, 0.3) is 10.8 Å². The first-order valence-electron chi connectivity index (χ1n) is 8.30. The molecule has 6 heteroatoms. The maximum absolute atomic E-state index is 13.8. The van der Waals surface area contributed by atoms with E-state index >= 15 is 0 Å². The van der Waals surface area contributed by atoms with Crippen LogP contribution in [0.1, 0.15) is 27.0 Å². The molecule has 0 spiro atoms. The largest absolute Gasteiger partial charge is 0.465 e. The Labute approximate surface area is 157 Å². The third-order valence-electron chi connectivity index (χ3n) is 4.63. The summed E-state index contributed by atoms with van der Waals surface area (Å²) in [5.41, 5.74) is 2.81. The van der Waals surface area contributed by atoms with Crippen LogP contribution in [0.15, 0.2) is 53.4 Å². The Morgan fingerprint density at radius 3 is 2.33 bits per heavy atom. The first-order valence-corrected chi connectivity index (χ1v) is 10.2. The maximum Gasteiger partial charge on any atom is 0.338 e. The number of halogens is 1. The van der Waals surface area contributed by atoms with Crippen molar-refractivity contribution in [3.8, 4) is 0 Å². The summed E-state index contributed by atoms with van der Waals surface area (Å²) in [7, 11) is -1.95. The molecule has 3 rings (SSSR count). The molecule has 0 fully saturated rings. The number of rotatable bonds is 4. The molecule has 0 N–H and O–H groups in total. The normalized spacial score (nSPS) is 11.6. The van der Waals surface area contributed by atoms with Crippen LogP contribution in [0, 0.1) is 12.7 Å². The standard InChI is InChI=1S/C21H19FO4S/c1-13-18(10-14-4-8-17(9-5-14)27(3,24)25)20-12-16(22)7-6-15(20)11-19(13)21(23)26-2/h4-9,11-12H,10H2,1-3H3. The average Bonchev–Trinajstić information content (AvgIpc) is 2.63. The van der Waals surface area contributed by atoms with Crippen molar-refractivity contribution in [1.29, 1.82) is 0 Å². The van der Waals surface area contributed by atoms with Gasteiger partial charge in [-0.2, -0.15) is 0 Å². The molecule has 0 radical (unpaired) electrons. The van der Waals surface area contributed by atoms with Gasteiger partial charge < -0.3 is 4.74 Å². The summed E-state index contributed by atoms with van der Waals surface area (Å²) < 4.78 is 42.0. The number of methoxy groups -OCH3 is 1. The van der Waals surface area contributed by atoms with Crippen molar-refractivity contribution in [1.82, 2.24) is 0 Å². The number of esters is 1. The first kappa shape index (κ1) is 19.0. The summed E-state index contributed by atoms with van der Waals surface area (Å²) in [6, 6.07) is 12.7. The minimum absolute atomic E-state index is 0.238. The highest BCUT2D eigenvalue weighted by atomic mass is 32.2. The van der Waals surface area contributed by atoms with E-state index in [4.69, 9.17) is 4.74 Å². The van der Waals surface area contributed by atoms with Crippen molar-refractivity contribution in [2.24, 2.45) is 0 Å². The van der Waals surface area contributed by atoms with E-state index in [-0.39, 0.29) is 10.7 Å². The van der Waals surface area contributed by atoms with Gasteiger partial charge >= 0.3 is 5.97 Å². The van der Waals surface area contributed by atoms with Crippen LogP contribution < -0.4 is 0 Å². The minimum Gasteiger partial charge on any atom is -0.465 e. The molecule has 4 nitrogen and oxygen atoms in total. The molecule has 3 aromatic rings. The molecule has 0 aliphatic carbocycles. The van der Waals surface area contributed by atoms with Gasteiger partial charge in [0.05, 0.1) is 17.6 Å². The van der Waals surface area contributed by atoms with Crippen LogP contribution in [0.3, 0.4) is 0 Å². The number of carbonyl (C=O) groups excluding carboxylic acids is 1. The summed E-state index contributed by atoms with van der Waals surface area (Å²) in [4.78, 5) is 12.4. The molecule has 0 aliphatic heterocycles. The van der Waals surface area contributed by atoms with E-state index in [9.17, 15) is 17.6 Å². The summed E-state index contributed by atoms with van der Waals surface area (Å²) in [6.45, 7) is 1.80. The summed E-state index contributed by atoms with van der Waals surface area (Å²) in [6.07, 6.45) is 1.59. The molecule has 0 saturated heterocycles. The van der Waals surface area contributed by atoms with Gasteiger partial charge in [-0.15, -0.1) is 0 Å². The fraction of sp³-hybridized carbons (Fsp3) is 0.190. The Hall–Kier alpha value is -2.73. The second-order valence-electron chi connectivity index (χ2n) is 6.48. The highest BCUT2D eigenvalue weighted by molar-refractivity contribution is 7.90. The zero-order valence-corrected chi connectivity index (χ0v) is 16.1. The van der Waals surface area contributed by atoms with Crippen molar-refractivity contribution in [3.63, 3.8) is 0 Å². The van der Waals surface area contributed by atoms with Crippen molar-refractivity contribution in [2.45, 2.75) is 18.2 Å². The Morgan fingerprint density at radius 1 is 1.07 bits per heavy atom. The van der Waals surface area contributed by atoms with E-state index in [0.29, 0.717) is 22.9 Å². The van der Waals surface area contributed by atoms with Crippen LogP contribution in [-0.2, 0) is 21.0 Å². The van der Waals surface area contributed by atoms with Crippen LogP contribution in [0.4, 0.5) is 4.39 Å². The number of carbonyl (C=O) groups is 1. The van der Waals surface area contributed by atoms with Crippen LogP contribution >= 0.6 is 0 Å². The summed E-state index contributed by atoms with van der Waals surface area (Å²) >= 11 is 0. The molecule has 0 amide bonds. The van der Waals surface area contributed by atoms with Gasteiger partial charge in [-0.25, -0.2) is 17.6 Å². The van der Waals surface area contributed by atoms with Crippen molar-refractivity contribution in [3.05, 3.63) is 76.6 Å². The van der Waals surface area contributed by atoms with Crippen LogP contribution in [0.5, 0.6) is 0 Å². The van der Waals surface area contributed by atoms with Gasteiger partial charge in [-0.1, -0.05) is 18.2 Å². The lowest BCUT2D eigenvalue weighted by Crippen LogP contribution is -2.07. The Balaban J connectivity index is 2.15. The van der Waals surface area contributed by atoms with Gasteiger partial charge in [0.15, 0.2) is 9.84 Å². The van der Waals surface area contributed by atoms with E-state index in [1.807, 2.05) is 0 Å². The maximum atomic E-state index is 13.8. The van der Waals surface area contributed by atoms with Crippen molar-refractivity contribution in [2.75, 3.05) is 13.4 Å². The van der Waals surface area contributed by atoms with Gasteiger partial charge in [0.25, 0.3) is 0 Å². The molecule has 0 aromatic heterocycles. The molecule has 0 bridgehead atoms. The van der Waals surface area contributed by atoms with E-state index in [2.05, 4.69) is 0 Å². The predicted octanol–water partition coefficient (Wildman–Crippen LogP) is 4.07. The monoisotopic (exact) mass is 386 g/mol. The molecule has 140 valence electrons.